The number of nitrogens with zero attached hydrogens (tertiary/aromatic N) is 3. The zero-order chi connectivity index (χ0) is 56.3. The van der Waals surface area contributed by atoms with Gasteiger partial charge in [-0.1, -0.05) is 114 Å². The summed E-state index contributed by atoms with van der Waals surface area (Å²) in [6.45, 7) is 8.54. The van der Waals surface area contributed by atoms with Gasteiger partial charge in [-0.15, -0.1) is 0 Å². The van der Waals surface area contributed by atoms with Crippen molar-refractivity contribution in [3.63, 3.8) is 0 Å². The highest BCUT2D eigenvalue weighted by molar-refractivity contribution is 7.00. The average molecular weight is 732 g/mol. The van der Waals surface area contributed by atoms with Crippen LogP contribution in [0.4, 0.5) is 34.1 Å². The minimum atomic E-state index is -1.63. The summed E-state index contributed by atoms with van der Waals surface area (Å²) in [6.07, 6.45) is 0. The fourth-order valence-electron chi connectivity index (χ4n) is 8.14. The molecule has 0 N–H and O–H groups in total. The SMILES string of the molecule is [2H]c1c([2H])c2c3c(c1[2H])-n1c4c([2H])c([2H])c([2H])c([2H])c4c4c([2H])c([2H])c([2H])c(c41)N3c1c([2H])c(C(C)(C)C)c([2H])c3c1B2c1c([2H])c(C(C)(C)C)c([2H])c([2H])c1N3c1c([2H])c([2H])c2oc3c([2H])c([2H])c([2H])c([2H])c3c2c1[2H]. The first-order valence-corrected chi connectivity index (χ1v) is 17.8. The van der Waals surface area contributed by atoms with Gasteiger partial charge in [0.15, 0.2) is 0 Å². The Balaban J connectivity index is 1.40. The third-order valence-electron chi connectivity index (χ3n) is 10.7. The maximum atomic E-state index is 10.4. The Labute approximate surface area is 352 Å². The molecule has 0 bridgehead atoms. The third kappa shape index (κ3) is 4.03. The first-order valence-electron chi connectivity index (χ1n) is 28.8. The largest absolute Gasteiger partial charge is 0.456 e. The molecule has 264 valence electrons. The quantitative estimate of drug-likeness (QED) is 0.157. The highest BCUT2D eigenvalue weighted by Gasteiger charge is 2.47. The number of hydrogen-bond donors (Lipinski definition) is 0. The summed E-state index contributed by atoms with van der Waals surface area (Å²) in [5.74, 6) is 0. The Morgan fingerprint density at radius 3 is 2.02 bits per heavy atom. The molecule has 0 saturated heterocycles. The minimum absolute atomic E-state index is 0.00103. The zero-order valence-electron chi connectivity index (χ0n) is 52.3. The van der Waals surface area contributed by atoms with Crippen LogP contribution in [0.1, 0.15) is 82.8 Å². The number of fused-ring (bicyclic) bond motifs is 12. The molecular weight excluding hydrogens is 669 g/mol. The molecular formula is C50H40BN3O. The molecule has 55 heavy (non-hydrogen) atoms. The normalized spacial score (nSPS) is 19.9. The molecule has 0 amide bonds. The molecule has 0 fully saturated rings. The number of aromatic nitrogens is 1. The van der Waals surface area contributed by atoms with E-state index in [1.165, 1.54) is 9.47 Å². The third-order valence-corrected chi connectivity index (χ3v) is 10.7. The van der Waals surface area contributed by atoms with Crippen molar-refractivity contribution in [3.8, 4) is 5.69 Å². The Morgan fingerprint density at radius 1 is 0.509 bits per heavy atom. The van der Waals surface area contributed by atoms with E-state index in [9.17, 15) is 21.9 Å². The standard InChI is InChI=1S/C50H40BN3O/c1-49(2,3)29-21-23-39-37(25-29)51-36-16-12-19-41-48(36)54(40-18-11-15-34-32-13-7-9-17-38(32)53(41)47(34)40)43-27-30(50(4,5)6)26-42(46(43)51)52(39)31-22-24-45-35(28-31)33-14-8-10-20-44(33)55-45/h7-28H,1-6H3/i7D,8D,9D,10D,11D,12D,13D,14D,15D,16D,17D,18D,19D,20D,21D,22D,23D,24D,25D,26D,27D,28D. The Morgan fingerprint density at radius 2 is 1.20 bits per heavy atom. The van der Waals surface area contributed by atoms with E-state index >= 15 is 0 Å². The second kappa shape index (κ2) is 10.3. The number of rotatable bonds is 1. The molecule has 4 nitrogen and oxygen atoms in total. The van der Waals surface area contributed by atoms with E-state index in [4.69, 9.17) is 12.6 Å². The van der Waals surface area contributed by atoms with Crippen LogP contribution in [0.5, 0.6) is 0 Å². The van der Waals surface area contributed by atoms with Gasteiger partial charge in [0.2, 0.25) is 0 Å². The fourth-order valence-corrected chi connectivity index (χ4v) is 8.14. The lowest BCUT2D eigenvalue weighted by molar-refractivity contribution is 0.590. The van der Waals surface area contributed by atoms with E-state index in [1.54, 1.807) is 41.5 Å². The van der Waals surface area contributed by atoms with Crippen LogP contribution in [0.15, 0.2) is 137 Å². The number of hydrogen-bond acceptors (Lipinski definition) is 3. The lowest BCUT2D eigenvalue weighted by Crippen LogP contribution is -2.62. The smallest absolute Gasteiger partial charge is 0.252 e. The van der Waals surface area contributed by atoms with Crippen LogP contribution in [-0.4, -0.2) is 11.3 Å². The number of anilines is 6. The van der Waals surface area contributed by atoms with E-state index < -0.39 is 173 Å². The Kier molecular flexibility index (Phi) is 3.12. The molecule has 7 aromatic carbocycles. The molecule has 0 unspecified atom stereocenters. The van der Waals surface area contributed by atoms with Gasteiger partial charge in [-0.25, -0.2) is 0 Å². The zero-order valence-corrected chi connectivity index (χ0v) is 30.3. The van der Waals surface area contributed by atoms with Crippen molar-refractivity contribution in [2.45, 2.75) is 52.4 Å². The second-order valence-electron chi connectivity index (χ2n) is 16.1. The highest BCUT2D eigenvalue weighted by atomic mass is 16.3. The molecule has 0 spiro atoms. The van der Waals surface area contributed by atoms with Crippen molar-refractivity contribution < 1.29 is 34.6 Å². The van der Waals surface area contributed by atoms with Gasteiger partial charge >= 0.3 is 0 Å². The second-order valence-corrected chi connectivity index (χ2v) is 16.1. The summed E-state index contributed by atoms with van der Waals surface area (Å²) in [5, 5.41) is -1.16. The molecule has 0 atom stereocenters. The van der Waals surface area contributed by atoms with Crippen LogP contribution < -0.4 is 26.2 Å². The molecule has 0 radical (unpaired) electrons. The number of furan rings is 1. The van der Waals surface area contributed by atoms with Gasteiger partial charge in [0.05, 0.1) is 58.3 Å². The Bertz CT molecular complexity index is 4420. The number of benzene rings is 7. The van der Waals surface area contributed by atoms with Crippen LogP contribution in [0.25, 0.3) is 49.4 Å². The molecule has 0 saturated carbocycles. The summed E-state index contributed by atoms with van der Waals surface area (Å²) in [7, 11) is 0. The van der Waals surface area contributed by atoms with E-state index in [2.05, 4.69) is 0 Å². The maximum absolute atomic E-state index is 10.4. The van der Waals surface area contributed by atoms with Gasteiger partial charge in [-0.3, -0.25) is 0 Å². The van der Waals surface area contributed by atoms with Crippen LogP contribution in [0.3, 0.4) is 0 Å². The monoisotopic (exact) mass is 731 g/mol. The van der Waals surface area contributed by atoms with Crippen molar-refractivity contribution in [2.75, 3.05) is 9.80 Å². The first-order chi connectivity index (χ1) is 35.8. The van der Waals surface area contributed by atoms with E-state index in [0.29, 0.717) is 0 Å². The van der Waals surface area contributed by atoms with E-state index in [1.807, 2.05) is 0 Å². The summed E-state index contributed by atoms with van der Waals surface area (Å²) < 4.78 is 216. The first kappa shape index (κ1) is 16.7. The lowest BCUT2D eigenvalue weighted by Gasteiger charge is -2.47. The topological polar surface area (TPSA) is 24.6 Å². The van der Waals surface area contributed by atoms with Gasteiger partial charge in [0, 0.05) is 44.3 Å². The molecule has 12 rings (SSSR count). The molecule has 5 heteroatoms. The van der Waals surface area contributed by atoms with Crippen molar-refractivity contribution in [3.05, 3.63) is 144 Å². The summed E-state index contributed by atoms with van der Waals surface area (Å²) >= 11 is 0. The van der Waals surface area contributed by atoms with Crippen LogP contribution in [0, 0.1) is 0 Å². The Hall–Kier alpha value is -6.20. The van der Waals surface area contributed by atoms with Crippen molar-refractivity contribution in [2.24, 2.45) is 0 Å². The maximum Gasteiger partial charge on any atom is 0.252 e. The molecule has 0 aliphatic carbocycles. The van der Waals surface area contributed by atoms with E-state index in [-0.39, 0.29) is 88.5 Å². The van der Waals surface area contributed by atoms with Gasteiger partial charge in [0.1, 0.15) is 11.2 Å². The lowest BCUT2D eigenvalue weighted by atomic mass is 9.33. The van der Waals surface area contributed by atoms with Crippen molar-refractivity contribution >= 4 is 101 Å². The number of para-hydroxylation sites is 4. The highest BCUT2D eigenvalue weighted by Crippen LogP contribution is 2.53. The van der Waals surface area contributed by atoms with Crippen LogP contribution >= 0.6 is 0 Å². The predicted octanol–water partition coefficient (Wildman–Crippen LogP) is 11.7. The average Bonchev–Trinajstić information content (AvgIpc) is 4.19. The fraction of sp³-hybridized carbons (Fsp3) is 0.160. The van der Waals surface area contributed by atoms with E-state index in [0.717, 1.165) is 4.90 Å². The molecule has 3 aliphatic rings. The summed E-state index contributed by atoms with van der Waals surface area (Å²) in [4.78, 5) is 2.42. The summed E-state index contributed by atoms with van der Waals surface area (Å²) in [6, 6.07) is -14.0. The molecule has 2 aromatic heterocycles. The van der Waals surface area contributed by atoms with Crippen LogP contribution in [0.2, 0.25) is 0 Å². The minimum Gasteiger partial charge on any atom is -0.456 e. The molecule has 3 aliphatic heterocycles. The van der Waals surface area contributed by atoms with Gasteiger partial charge in [0.25, 0.3) is 6.71 Å². The predicted molar refractivity (Wildman–Crippen MR) is 233 cm³/mol. The van der Waals surface area contributed by atoms with Gasteiger partial charge in [-0.05, 0) is 98.8 Å². The molecule has 9 aromatic rings. The molecule has 5 heterocycles. The summed E-state index contributed by atoms with van der Waals surface area (Å²) in [5.41, 5.74) is -6.49. The van der Waals surface area contributed by atoms with Crippen LogP contribution in [-0.2, 0) is 10.8 Å². The van der Waals surface area contributed by atoms with Crippen molar-refractivity contribution in [1.82, 2.24) is 4.57 Å². The van der Waals surface area contributed by atoms with Gasteiger partial charge in [-0.2, -0.15) is 0 Å². The van der Waals surface area contributed by atoms with Crippen molar-refractivity contribution in [1.29, 1.82) is 0 Å². The van der Waals surface area contributed by atoms with Gasteiger partial charge < -0.3 is 18.8 Å².